The molecule has 96 valence electrons. The highest BCUT2D eigenvalue weighted by molar-refractivity contribution is 7.71. The van der Waals surface area contributed by atoms with Gasteiger partial charge in [0.25, 0.3) is 0 Å². The summed E-state index contributed by atoms with van der Waals surface area (Å²) >= 11 is 5.25. The largest absolute Gasteiger partial charge is 0.467 e. The predicted molar refractivity (Wildman–Crippen MR) is 72.3 cm³/mol. The number of aromatic amines is 1. The van der Waals surface area contributed by atoms with Crippen molar-refractivity contribution in [2.75, 3.05) is 0 Å². The maximum absolute atomic E-state index is 5.34. The third kappa shape index (κ3) is 2.63. The number of H-pyrrole nitrogens is 1. The number of nitrogens with one attached hydrogen (secondary N) is 1. The van der Waals surface area contributed by atoms with Crippen LogP contribution in [-0.4, -0.2) is 19.7 Å². The van der Waals surface area contributed by atoms with E-state index in [2.05, 4.69) is 15.2 Å². The predicted octanol–water partition coefficient (Wildman–Crippen LogP) is 2.57. The summed E-state index contributed by atoms with van der Waals surface area (Å²) in [5.41, 5.74) is 0.956. The SMILES string of the molecule is S=c1[nH]nc(Cc2ccccn2)n1Cc1ccco1. The van der Waals surface area contributed by atoms with Gasteiger partial charge in [0.05, 0.1) is 19.2 Å². The van der Waals surface area contributed by atoms with E-state index in [-0.39, 0.29) is 0 Å². The molecule has 0 aliphatic rings. The molecule has 0 radical (unpaired) electrons. The van der Waals surface area contributed by atoms with Crippen LogP contribution in [0.25, 0.3) is 0 Å². The first kappa shape index (κ1) is 11.9. The number of pyridine rings is 1. The zero-order valence-corrected chi connectivity index (χ0v) is 10.9. The second kappa shape index (κ2) is 5.19. The number of aromatic nitrogens is 4. The topological polar surface area (TPSA) is 59.6 Å². The Morgan fingerprint density at radius 1 is 1.26 bits per heavy atom. The maximum atomic E-state index is 5.34. The lowest BCUT2D eigenvalue weighted by atomic mass is 10.2. The molecule has 0 aliphatic heterocycles. The molecule has 0 saturated heterocycles. The molecule has 3 rings (SSSR count). The standard InChI is InChI=1S/C13H12N4OS/c19-13-16-15-12(8-10-4-1-2-6-14-10)17(13)9-11-5-3-7-18-11/h1-7H,8-9H2,(H,16,19). The third-order valence-electron chi connectivity index (χ3n) is 2.80. The van der Waals surface area contributed by atoms with E-state index in [4.69, 9.17) is 16.6 Å². The van der Waals surface area contributed by atoms with Crippen molar-refractivity contribution in [2.45, 2.75) is 13.0 Å². The Hall–Kier alpha value is -2.21. The first-order valence-corrected chi connectivity index (χ1v) is 6.30. The number of furan rings is 1. The minimum Gasteiger partial charge on any atom is -0.467 e. The van der Waals surface area contributed by atoms with Crippen molar-refractivity contribution in [1.82, 2.24) is 19.7 Å². The van der Waals surface area contributed by atoms with Crippen LogP contribution in [0.5, 0.6) is 0 Å². The fourth-order valence-electron chi connectivity index (χ4n) is 1.87. The van der Waals surface area contributed by atoms with Crippen molar-refractivity contribution in [1.29, 1.82) is 0 Å². The average Bonchev–Trinajstić information content (AvgIpc) is 3.05. The first-order chi connectivity index (χ1) is 9.33. The Balaban J connectivity index is 1.88. The minimum atomic E-state index is 0.574. The lowest BCUT2D eigenvalue weighted by Crippen LogP contribution is -2.06. The van der Waals surface area contributed by atoms with Crippen LogP contribution in [0, 0.1) is 4.77 Å². The molecule has 3 heterocycles. The molecular formula is C13H12N4OS. The highest BCUT2D eigenvalue weighted by Gasteiger charge is 2.09. The van der Waals surface area contributed by atoms with Gasteiger partial charge in [0.15, 0.2) is 4.77 Å². The van der Waals surface area contributed by atoms with Gasteiger partial charge < -0.3 is 4.42 Å². The summed E-state index contributed by atoms with van der Waals surface area (Å²) in [5.74, 6) is 1.69. The second-order valence-corrected chi connectivity index (χ2v) is 4.50. The van der Waals surface area contributed by atoms with Crippen molar-refractivity contribution < 1.29 is 4.42 Å². The van der Waals surface area contributed by atoms with Crippen LogP contribution in [0.2, 0.25) is 0 Å². The maximum Gasteiger partial charge on any atom is 0.195 e. The van der Waals surface area contributed by atoms with Crippen LogP contribution in [0.15, 0.2) is 47.2 Å². The molecule has 0 spiro atoms. The summed E-state index contributed by atoms with van der Waals surface area (Å²) in [6.07, 6.45) is 4.06. The summed E-state index contributed by atoms with van der Waals surface area (Å²) in [7, 11) is 0. The summed E-state index contributed by atoms with van der Waals surface area (Å²) in [4.78, 5) is 4.30. The normalized spacial score (nSPS) is 10.7. The van der Waals surface area contributed by atoms with Gasteiger partial charge in [-0.05, 0) is 36.5 Å². The summed E-state index contributed by atoms with van der Waals surface area (Å²) in [6.45, 7) is 0.574. The Morgan fingerprint density at radius 3 is 2.95 bits per heavy atom. The second-order valence-electron chi connectivity index (χ2n) is 4.11. The fourth-order valence-corrected chi connectivity index (χ4v) is 2.09. The molecule has 0 saturated carbocycles. The molecule has 19 heavy (non-hydrogen) atoms. The summed E-state index contributed by atoms with van der Waals surface area (Å²) < 4.78 is 7.85. The van der Waals surface area contributed by atoms with Gasteiger partial charge in [-0.3, -0.25) is 14.6 Å². The Morgan fingerprint density at radius 2 is 2.21 bits per heavy atom. The Bertz CT molecular complexity index is 700. The van der Waals surface area contributed by atoms with Crippen molar-refractivity contribution >= 4 is 12.2 Å². The van der Waals surface area contributed by atoms with Gasteiger partial charge in [-0.2, -0.15) is 5.10 Å². The van der Waals surface area contributed by atoms with Crippen LogP contribution < -0.4 is 0 Å². The van der Waals surface area contributed by atoms with Crippen molar-refractivity contribution in [3.8, 4) is 0 Å². The Labute approximate surface area is 114 Å². The van der Waals surface area contributed by atoms with Crippen LogP contribution in [0.3, 0.4) is 0 Å². The molecule has 0 aromatic carbocycles. The quantitative estimate of drug-likeness (QED) is 0.742. The molecule has 0 bridgehead atoms. The highest BCUT2D eigenvalue weighted by Crippen LogP contribution is 2.09. The summed E-state index contributed by atoms with van der Waals surface area (Å²) in [5, 5.41) is 7.07. The first-order valence-electron chi connectivity index (χ1n) is 5.89. The number of hydrogen-bond acceptors (Lipinski definition) is 4. The van der Waals surface area contributed by atoms with Gasteiger partial charge in [0, 0.05) is 11.9 Å². The fraction of sp³-hybridized carbons (Fsp3) is 0.154. The third-order valence-corrected chi connectivity index (χ3v) is 3.11. The van der Waals surface area contributed by atoms with Gasteiger partial charge in [-0.25, -0.2) is 0 Å². The monoisotopic (exact) mass is 272 g/mol. The van der Waals surface area contributed by atoms with E-state index >= 15 is 0 Å². The zero-order chi connectivity index (χ0) is 13.1. The van der Waals surface area contributed by atoms with E-state index < -0.39 is 0 Å². The average molecular weight is 272 g/mol. The van der Waals surface area contributed by atoms with Crippen molar-refractivity contribution in [3.63, 3.8) is 0 Å². The van der Waals surface area contributed by atoms with E-state index in [1.807, 2.05) is 34.9 Å². The van der Waals surface area contributed by atoms with Crippen LogP contribution in [0.4, 0.5) is 0 Å². The molecule has 5 nitrogen and oxygen atoms in total. The van der Waals surface area contributed by atoms with Gasteiger partial charge in [0.1, 0.15) is 11.6 Å². The van der Waals surface area contributed by atoms with Crippen LogP contribution >= 0.6 is 12.2 Å². The van der Waals surface area contributed by atoms with Crippen molar-refractivity contribution in [2.24, 2.45) is 0 Å². The van der Waals surface area contributed by atoms with Gasteiger partial charge in [-0.15, -0.1) is 0 Å². The number of hydrogen-bond donors (Lipinski definition) is 1. The van der Waals surface area contributed by atoms with E-state index in [1.165, 1.54) is 0 Å². The molecular weight excluding hydrogens is 260 g/mol. The molecule has 0 fully saturated rings. The van der Waals surface area contributed by atoms with Gasteiger partial charge in [0.2, 0.25) is 0 Å². The lowest BCUT2D eigenvalue weighted by Gasteiger charge is -2.04. The van der Waals surface area contributed by atoms with Gasteiger partial charge in [-0.1, -0.05) is 6.07 Å². The molecule has 0 atom stereocenters. The van der Waals surface area contributed by atoms with Crippen molar-refractivity contribution in [3.05, 3.63) is 64.8 Å². The Kier molecular flexibility index (Phi) is 3.24. The molecule has 0 amide bonds. The van der Waals surface area contributed by atoms with E-state index in [9.17, 15) is 0 Å². The lowest BCUT2D eigenvalue weighted by molar-refractivity contribution is 0.488. The van der Waals surface area contributed by atoms with E-state index in [0.717, 1.165) is 17.3 Å². The molecule has 3 aromatic rings. The molecule has 0 aliphatic carbocycles. The summed E-state index contributed by atoms with van der Waals surface area (Å²) in [6, 6.07) is 9.59. The molecule has 3 aromatic heterocycles. The number of nitrogens with zero attached hydrogens (tertiary/aromatic N) is 3. The molecule has 6 heteroatoms. The molecule has 1 N–H and O–H groups in total. The highest BCUT2D eigenvalue weighted by atomic mass is 32.1. The van der Waals surface area contributed by atoms with Gasteiger partial charge >= 0.3 is 0 Å². The zero-order valence-electron chi connectivity index (χ0n) is 10.1. The smallest absolute Gasteiger partial charge is 0.195 e. The minimum absolute atomic E-state index is 0.574. The molecule has 0 unspecified atom stereocenters. The van der Waals surface area contributed by atoms with Crippen LogP contribution in [-0.2, 0) is 13.0 Å². The van der Waals surface area contributed by atoms with E-state index in [1.54, 1.807) is 12.5 Å². The number of rotatable bonds is 4. The van der Waals surface area contributed by atoms with E-state index in [0.29, 0.717) is 17.7 Å². The van der Waals surface area contributed by atoms with Crippen LogP contribution in [0.1, 0.15) is 17.3 Å².